The van der Waals surface area contributed by atoms with E-state index < -0.39 is 5.91 Å². The van der Waals surface area contributed by atoms with Crippen molar-refractivity contribution in [2.45, 2.75) is 19.3 Å². The maximum atomic E-state index is 11.7. The molecular weight excluding hydrogens is 357 g/mol. The fourth-order valence-corrected chi connectivity index (χ4v) is 2.90. The summed E-state index contributed by atoms with van der Waals surface area (Å²) in [6.07, 6.45) is 1.83. The van der Waals surface area contributed by atoms with Crippen LogP contribution in [0, 0.1) is 0 Å². The first-order chi connectivity index (χ1) is 11.0. The van der Waals surface area contributed by atoms with Crippen LogP contribution in [0.25, 0.3) is 0 Å². The van der Waals surface area contributed by atoms with Gasteiger partial charge in [0.25, 0.3) is 5.91 Å². The minimum atomic E-state index is -0.421. The summed E-state index contributed by atoms with van der Waals surface area (Å²) in [4.78, 5) is 24.5. The SMILES string of the molecule is O=C(COC(=O)CCCc1cccs1)Nc1ccc(Cl)c(Cl)c1. The molecule has 1 aromatic carbocycles. The Bertz CT molecular complexity index is 674. The van der Waals surface area contributed by atoms with Crippen LogP contribution in [0.4, 0.5) is 5.69 Å². The number of aryl methyl sites for hydroxylation is 1. The molecule has 0 saturated carbocycles. The maximum Gasteiger partial charge on any atom is 0.306 e. The van der Waals surface area contributed by atoms with Crippen molar-refractivity contribution in [1.29, 1.82) is 0 Å². The standard InChI is InChI=1S/C16H15Cl2NO3S/c17-13-7-6-11(9-14(13)18)19-15(20)10-22-16(21)5-1-3-12-4-2-8-23-12/h2,4,6-9H,1,3,5,10H2,(H,19,20). The first-order valence-electron chi connectivity index (χ1n) is 6.97. The molecule has 2 aromatic rings. The molecule has 0 fully saturated rings. The molecule has 0 aliphatic rings. The number of ether oxygens (including phenoxy) is 1. The quantitative estimate of drug-likeness (QED) is 0.725. The zero-order valence-electron chi connectivity index (χ0n) is 12.2. The Kier molecular flexibility index (Phi) is 6.89. The third-order valence-electron chi connectivity index (χ3n) is 2.95. The summed E-state index contributed by atoms with van der Waals surface area (Å²) in [5.74, 6) is -0.805. The number of anilines is 1. The van der Waals surface area contributed by atoms with Gasteiger partial charge in [-0.15, -0.1) is 11.3 Å². The lowest BCUT2D eigenvalue weighted by molar-refractivity contribution is -0.147. The summed E-state index contributed by atoms with van der Waals surface area (Å²) in [6.45, 7) is -0.321. The predicted octanol–water partition coefficient (Wildman–Crippen LogP) is 4.56. The van der Waals surface area contributed by atoms with Gasteiger partial charge in [0.1, 0.15) is 0 Å². The van der Waals surface area contributed by atoms with E-state index in [2.05, 4.69) is 5.32 Å². The maximum absolute atomic E-state index is 11.7. The zero-order valence-corrected chi connectivity index (χ0v) is 14.5. The Morgan fingerprint density at radius 2 is 2.00 bits per heavy atom. The van der Waals surface area contributed by atoms with Crippen molar-refractivity contribution in [3.05, 3.63) is 50.6 Å². The summed E-state index contributed by atoms with van der Waals surface area (Å²) in [6, 6.07) is 8.74. The topological polar surface area (TPSA) is 55.4 Å². The number of carbonyl (C=O) groups excluding carboxylic acids is 2. The molecule has 4 nitrogen and oxygen atoms in total. The van der Waals surface area contributed by atoms with Gasteiger partial charge in [0.05, 0.1) is 10.0 Å². The molecular formula is C16H15Cl2NO3S. The highest BCUT2D eigenvalue weighted by molar-refractivity contribution is 7.09. The van der Waals surface area contributed by atoms with Crippen LogP contribution in [-0.4, -0.2) is 18.5 Å². The van der Waals surface area contributed by atoms with Gasteiger partial charge in [-0.1, -0.05) is 29.3 Å². The fraction of sp³-hybridized carbons (Fsp3) is 0.250. The highest BCUT2D eigenvalue weighted by atomic mass is 35.5. The van der Waals surface area contributed by atoms with Crippen LogP contribution < -0.4 is 5.32 Å². The smallest absolute Gasteiger partial charge is 0.306 e. The Labute approximate surface area is 148 Å². The third kappa shape index (κ3) is 6.22. The van der Waals surface area contributed by atoms with Crippen LogP contribution in [-0.2, 0) is 20.7 Å². The van der Waals surface area contributed by atoms with Crippen molar-refractivity contribution in [1.82, 2.24) is 0 Å². The molecule has 2 rings (SSSR count). The van der Waals surface area contributed by atoms with Gasteiger partial charge in [-0.05, 0) is 42.5 Å². The molecule has 1 heterocycles. The molecule has 0 bridgehead atoms. The van der Waals surface area contributed by atoms with E-state index in [0.29, 0.717) is 22.2 Å². The fourth-order valence-electron chi connectivity index (χ4n) is 1.85. The van der Waals surface area contributed by atoms with E-state index in [0.717, 1.165) is 6.42 Å². The second kappa shape index (κ2) is 8.91. The van der Waals surface area contributed by atoms with Gasteiger partial charge in [0.15, 0.2) is 6.61 Å². The van der Waals surface area contributed by atoms with Crippen LogP contribution in [0.2, 0.25) is 10.0 Å². The summed E-state index contributed by atoms with van der Waals surface area (Å²) < 4.78 is 4.94. The minimum Gasteiger partial charge on any atom is -0.456 e. The highest BCUT2D eigenvalue weighted by Crippen LogP contribution is 2.24. The van der Waals surface area contributed by atoms with Crippen molar-refractivity contribution >= 4 is 52.1 Å². The third-order valence-corrected chi connectivity index (χ3v) is 4.63. The molecule has 0 atom stereocenters. The lowest BCUT2D eigenvalue weighted by Gasteiger charge is -2.07. The van der Waals surface area contributed by atoms with Gasteiger partial charge in [0.2, 0.25) is 0 Å². The van der Waals surface area contributed by atoms with E-state index in [-0.39, 0.29) is 19.0 Å². The Hall–Kier alpha value is -1.56. The Morgan fingerprint density at radius 1 is 1.17 bits per heavy atom. The van der Waals surface area contributed by atoms with Crippen LogP contribution in [0.3, 0.4) is 0 Å². The van der Waals surface area contributed by atoms with Gasteiger partial charge in [-0.2, -0.15) is 0 Å². The Balaban J connectivity index is 1.67. The largest absolute Gasteiger partial charge is 0.456 e. The van der Waals surface area contributed by atoms with E-state index in [9.17, 15) is 9.59 Å². The first-order valence-corrected chi connectivity index (χ1v) is 8.61. The molecule has 0 unspecified atom stereocenters. The number of amides is 1. The minimum absolute atomic E-state index is 0.290. The van der Waals surface area contributed by atoms with E-state index in [4.69, 9.17) is 27.9 Å². The second-order valence-electron chi connectivity index (χ2n) is 4.77. The first kappa shape index (κ1) is 17.8. The number of benzene rings is 1. The summed E-state index contributed by atoms with van der Waals surface area (Å²) in [5, 5.41) is 5.33. The molecule has 122 valence electrons. The number of rotatable bonds is 7. The number of hydrogen-bond donors (Lipinski definition) is 1. The lowest BCUT2D eigenvalue weighted by Crippen LogP contribution is -2.20. The summed E-state index contributed by atoms with van der Waals surface area (Å²) >= 11 is 13.3. The van der Waals surface area contributed by atoms with Crippen molar-refractivity contribution in [2.24, 2.45) is 0 Å². The zero-order chi connectivity index (χ0) is 16.7. The van der Waals surface area contributed by atoms with Crippen molar-refractivity contribution in [2.75, 3.05) is 11.9 Å². The summed E-state index contributed by atoms with van der Waals surface area (Å²) in [7, 11) is 0. The van der Waals surface area contributed by atoms with Gasteiger partial charge in [-0.25, -0.2) is 0 Å². The van der Waals surface area contributed by atoms with Gasteiger partial charge >= 0.3 is 5.97 Å². The van der Waals surface area contributed by atoms with Gasteiger partial charge in [0, 0.05) is 17.0 Å². The Morgan fingerprint density at radius 3 is 2.70 bits per heavy atom. The van der Waals surface area contributed by atoms with Crippen LogP contribution >= 0.6 is 34.5 Å². The molecule has 0 aliphatic carbocycles. The number of esters is 1. The number of thiophene rings is 1. The molecule has 7 heteroatoms. The molecule has 23 heavy (non-hydrogen) atoms. The highest BCUT2D eigenvalue weighted by Gasteiger charge is 2.09. The average molecular weight is 372 g/mol. The van der Waals surface area contributed by atoms with Crippen LogP contribution in [0.1, 0.15) is 17.7 Å². The van der Waals surface area contributed by atoms with E-state index >= 15 is 0 Å². The van der Waals surface area contributed by atoms with E-state index in [1.54, 1.807) is 23.5 Å². The normalized spacial score (nSPS) is 10.3. The second-order valence-corrected chi connectivity index (χ2v) is 6.62. The average Bonchev–Trinajstić information content (AvgIpc) is 3.02. The van der Waals surface area contributed by atoms with Gasteiger partial charge in [-0.3, -0.25) is 9.59 Å². The summed E-state index contributed by atoms with van der Waals surface area (Å²) in [5.41, 5.74) is 0.498. The van der Waals surface area contributed by atoms with Crippen molar-refractivity contribution < 1.29 is 14.3 Å². The molecule has 0 spiro atoms. The monoisotopic (exact) mass is 371 g/mol. The molecule has 1 amide bonds. The molecule has 0 aliphatic heterocycles. The van der Waals surface area contributed by atoms with E-state index in [1.165, 1.54) is 10.9 Å². The molecule has 1 aromatic heterocycles. The predicted molar refractivity (Wildman–Crippen MR) is 93.3 cm³/mol. The van der Waals surface area contributed by atoms with E-state index in [1.807, 2.05) is 17.5 Å². The van der Waals surface area contributed by atoms with Crippen LogP contribution in [0.5, 0.6) is 0 Å². The lowest BCUT2D eigenvalue weighted by atomic mass is 10.2. The molecule has 0 saturated heterocycles. The molecule has 0 radical (unpaired) electrons. The van der Waals surface area contributed by atoms with Crippen LogP contribution in [0.15, 0.2) is 35.7 Å². The number of hydrogen-bond acceptors (Lipinski definition) is 4. The van der Waals surface area contributed by atoms with Crippen molar-refractivity contribution in [3.63, 3.8) is 0 Å². The number of halogens is 2. The van der Waals surface area contributed by atoms with Gasteiger partial charge < -0.3 is 10.1 Å². The number of nitrogens with one attached hydrogen (secondary N) is 1. The molecule has 1 N–H and O–H groups in total. The number of carbonyl (C=O) groups is 2. The van der Waals surface area contributed by atoms with Crippen molar-refractivity contribution in [3.8, 4) is 0 Å².